The van der Waals surface area contributed by atoms with E-state index in [-0.39, 0.29) is 18.4 Å². The van der Waals surface area contributed by atoms with E-state index in [0.717, 1.165) is 0 Å². The number of nitrogens with two attached hydrogens (primary N) is 1. The molecule has 1 fully saturated rings. The summed E-state index contributed by atoms with van der Waals surface area (Å²) >= 11 is 0. The van der Waals surface area contributed by atoms with E-state index in [9.17, 15) is 0 Å². The zero-order valence-electron chi connectivity index (χ0n) is 8.57. The molecular formula is C12H18ClN. The lowest BCUT2D eigenvalue weighted by molar-refractivity contribution is 0.205. The van der Waals surface area contributed by atoms with E-state index in [4.69, 9.17) is 5.73 Å². The second-order valence-electron chi connectivity index (χ2n) is 4.16. The van der Waals surface area contributed by atoms with E-state index >= 15 is 0 Å². The van der Waals surface area contributed by atoms with Gasteiger partial charge < -0.3 is 5.73 Å². The van der Waals surface area contributed by atoms with Gasteiger partial charge in [-0.25, -0.2) is 0 Å². The molecule has 0 heterocycles. The minimum atomic E-state index is 0. The van der Waals surface area contributed by atoms with Crippen LogP contribution in [0.3, 0.4) is 0 Å². The van der Waals surface area contributed by atoms with Crippen LogP contribution >= 0.6 is 12.4 Å². The van der Waals surface area contributed by atoms with Gasteiger partial charge in [-0.15, -0.1) is 12.4 Å². The molecule has 0 spiro atoms. The fraction of sp³-hybridized carbons (Fsp3) is 0.500. The van der Waals surface area contributed by atoms with Gasteiger partial charge in [-0.1, -0.05) is 36.8 Å². The largest absolute Gasteiger partial charge is 0.327 e. The van der Waals surface area contributed by atoms with Crippen LogP contribution in [-0.4, -0.2) is 6.04 Å². The van der Waals surface area contributed by atoms with E-state index in [0.29, 0.717) is 5.41 Å². The molecule has 1 aliphatic rings. The molecule has 1 atom stereocenters. The van der Waals surface area contributed by atoms with Gasteiger partial charge in [0, 0.05) is 11.5 Å². The second-order valence-corrected chi connectivity index (χ2v) is 4.16. The molecule has 1 aromatic rings. The first kappa shape index (κ1) is 11.5. The highest BCUT2D eigenvalue weighted by Gasteiger charge is 2.41. The van der Waals surface area contributed by atoms with Gasteiger partial charge in [0.05, 0.1) is 0 Å². The van der Waals surface area contributed by atoms with Gasteiger partial charge >= 0.3 is 0 Å². The maximum atomic E-state index is 6.06. The Labute approximate surface area is 92.1 Å². The average Bonchev–Trinajstić information content (AvgIpc) is 2.03. The zero-order valence-corrected chi connectivity index (χ0v) is 9.39. The SMILES string of the molecule is CC(N)C1(c2ccccc2)CCC1.Cl. The summed E-state index contributed by atoms with van der Waals surface area (Å²) in [5.41, 5.74) is 7.78. The van der Waals surface area contributed by atoms with E-state index in [2.05, 4.69) is 37.3 Å². The van der Waals surface area contributed by atoms with Gasteiger partial charge in [-0.3, -0.25) is 0 Å². The van der Waals surface area contributed by atoms with Crippen LogP contribution < -0.4 is 5.73 Å². The molecule has 2 heteroatoms. The molecule has 1 saturated carbocycles. The van der Waals surface area contributed by atoms with Crippen LogP contribution in [0.15, 0.2) is 30.3 Å². The van der Waals surface area contributed by atoms with Gasteiger partial charge in [0.15, 0.2) is 0 Å². The van der Waals surface area contributed by atoms with E-state index < -0.39 is 0 Å². The maximum absolute atomic E-state index is 6.06. The van der Waals surface area contributed by atoms with Crippen molar-refractivity contribution in [3.8, 4) is 0 Å². The van der Waals surface area contributed by atoms with Gasteiger partial charge in [-0.2, -0.15) is 0 Å². The summed E-state index contributed by atoms with van der Waals surface area (Å²) in [6, 6.07) is 11.0. The monoisotopic (exact) mass is 211 g/mol. The van der Waals surface area contributed by atoms with Crippen LogP contribution in [0, 0.1) is 0 Å². The average molecular weight is 212 g/mol. The van der Waals surface area contributed by atoms with E-state index in [1.165, 1.54) is 24.8 Å². The Hall–Kier alpha value is -0.530. The minimum Gasteiger partial charge on any atom is -0.327 e. The van der Waals surface area contributed by atoms with Crippen LogP contribution in [0.25, 0.3) is 0 Å². The number of rotatable bonds is 2. The number of hydrogen-bond donors (Lipinski definition) is 1. The number of hydrogen-bond acceptors (Lipinski definition) is 1. The Morgan fingerprint density at radius 2 is 1.79 bits per heavy atom. The normalized spacial score (nSPS) is 20.4. The molecule has 0 aromatic heterocycles. The molecule has 0 amide bonds. The summed E-state index contributed by atoms with van der Waals surface area (Å²) in [6.07, 6.45) is 3.85. The zero-order chi connectivity index (χ0) is 9.31. The molecule has 78 valence electrons. The summed E-state index contributed by atoms with van der Waals surface area (Å²) in [7, 11) is 0. The summed E-state index contributed by atoms with van der Waals surface area (Å²) in [6.45, 7) is 2.13. The quantitative estimate of drug-likeness (QED) is 0.800. The highest BCUT2D eigenvalue weighted by atomic mass is 35.5. The first-order valence-corrected chi connectivity index (χ1v) is 5.07. The van der Waals surface area contributed by atoms with Gasteiger partial charge in [-0.05, 0) is 25.3 Å². The van der Waals surface area contributed by atoms with Crippen LogP contribution in [0.5, 0.6) is 0 Å². The smallest absolute Gasteiger partial charge is 0.0108 e. The molecule has 1 unspecified atom stereocenters. The molecule has 0 bridgehead atoms. The first-order valence-electron chi connectivity index (χ1n) is 5.07. The lowest BCUT2D eigenvalue weighted by Crippen LogP contribution is -2.48. The third-order valence-corrected chi connectivity index (χ3v) is 3.47. The molecule has 2 N–H and O–H groups in total. The molecule has 1 nitrogen and oxygen atoms in total. The molecule has 14 heavy (non-hydrogen) atoms. The highest BCUT2D eigenvalue weighted by molar-refractivity contribution is 5.85. The minimum absolute atomic E-state index is 0. The van der Waals surface area contributed by atoms with Crippen molar-refractivity contribution in [3.63, 3.8) is 0 Å². The van der Waals surface area contributed by atoms with E-state index in [1.54, 1.807) is 0 Å². The molecular weight excluding hydrogens is 194 g/mol. The second kappa shape index (κ2) is 4.33. The molecule has 0 radical (unpaired) electrons. The predicted octanol–water partition coefficient (Wildman–Crippen LogP) is 2.88. The number of halogens is 1. The van der Waals surface area contributed by atoms with Crippen molar-refractivity contribution in [2.75, 3.05) is 0 Å². The van der Waals surface area contributed by atoms with Crippen LogP contribution in [-0.2, 0) is 5.41 Å². The van der Waals surface area contributed by atoms with Crippen molar-refractivity contribution in [1.82, 2.24) is 0 Å². The standard InChI is InChI=1S/C12H17N.ClH/c1-10(13)12(8-5-9-12)11-6-3-2-4-7-11;/h2-4,6-7,10H,5,8-9,13H2,1H3;1H. The maximum Gasteiger partial charge on any atom is 0.0108 e. The molecule has 0 aliphatic heterocycles. The molecule has 1 aliphatic carbocycles. The first-order chi connectivity index (χ1) is 6.26. The third kappa shape index (κ3) is 1.67. The molecule has 0 saturated heterocycles. The Bertz CT molecular complexity index is 278. The molecule has 1 aromatic carbocycles. The number of benzene rings is 1. The van der Waals surface area contributed by atoms with Crippen LogP contribution in [0.2, 0.25) is 0 Å². The summed E-state index contributed by atoms with van der Waals surface area (Å²) < 4.78 is 0. The Balaban J connectivity index is 0.000000980. The summed E-state index contributed by atoms with van der Waals surface area (Å²) in [5, 5.41) is 0. The third-order valence-electron chi connectivity index (χ3n) is 3.47. The topological polar surface area (TPSA) is 26.0 Å². The van der Waals surface area contributed by atoms with Crippen LogP contribution in [0.1, 0.15) is 31.7 Å². The van der Waals surface area contributed by atoms with Crippen molar-refractivity contribution in [2.45, 2.75) is 37.6 Å². The van der Waals surface area contributed by atoms with Gasteiger partial charge in [0.25, 0.3) is 0 Å². The fourth-order valence-electron chi connectivity index (χ4n) is 2.33. The van der Waals surface area contributed by atoms with Crippen molar-refractivity contribution in [1.29, 1.82) is 0 Å². The van der Waals surface area contributed by atoms with Crippen LogP contribution in [0.4, 0.5) is 0 Å². The predicted molar refractivity (Wildman–Crippen MR) is 62.9 cm³/mol. The summed E-state index contributed by atoms with van der Waals surface area (Å²) in [4.78, 5) is 0. The van der Waals surface area contributed by atoms with Crippen molar-refractivity contribution in [2.24, 2.45) is 5.73 Å². The highest BCUT2D eigenvalue weighted by Crippen LogP contribution is 2.45. The molecule has 2 rings (SSSR count). The lowest BCUT2D eigenvalue weighted by atomic mass is 9.61. The summed E-state index contributed by atoms with van der Waals surface area (Å²) in [5.74, 6) is 0. The van der Waals surface area contributed by atoms with E-state index in [1.807, 2.05) is 0 Å². The lowest BCUT2D eigenvalue weighted by Gasteiger charge is -2.45. The van der Waals surface area contributed by atoms with Gasteiger partial charge in [0.2, 0.25) is 0 Å². The van der Waals surface area contributed by atoms with Crippen molar-refractivity contribution < 1.29 is 0 Å². The Morgan fingerprint density at radius 1 is 1.21 bits per heavy atom. The Morgan fingerprint density at radius 3 is 2.14 bits per heavy atom. The van der Waals surface area contributed by atoms with Crippen molar-refractivity contribution in [3.05, 3.63) is 35.9 Å². The fourth-order valence-corrected chi connectivity index (χ4v) is 2.33. The van der Waals surface area contributed by atoms with Crippen molar-refractivity contribution >= 4 is 12.4 Å². The Kier molecular flexibility index (Phi) is 3.57. The van der Waals surface area contributed by atoms with Gasteiger partial charge in [0.1, 0.15) is 0 Å².